The van der Waals surface area contributed by atoms with E-state index in [2.05, 4.69) is 20.9 Å². The average Bonchev–Trinajstić information content (AvgIpc) is 3.10. The number of rotatable bonds is 7. The number of hydrazone groups is 1. The lowest BCUT2D eigenvalue weighted by Gasteiger charge is -2.11. The molecule has 0 spiro atoms. The quantitative estimate of drug-likeness (QED) is 0.338. The summed E-state index contributed by atoms with van der Waals surface area (Å²) >= 11 is 0. The average molecular weight is 441 g/mol. The van der Waals surface area contributed by atoms with Crippen LogP contribution in [-0.4, -0.2) is 34.3 Å². The Bertz CT molecular complexity index is 1320. The molecule has 0 aliphatic heterocycles. The van der Waals surface area contributed by atoms with Crippen LogP contribution < -0.4 is 15.6 Å². The van der Waals surface area contributed by atoms with Gasteiger partial charge in [0, 0.05) is 34.1 Å². The van der Waals surface area contributed by atoms with Gasteiger partial charge in [0.05, 0.1) is 6.21 Å². The fourth-order valence-corrected chi connectivity index (χ4v) is 3.39. The number of nitrogens with zero attached hydrogens (tertiary/aromatic N) is 3. The Hall–Kier alpha value is -4.46. The van der Waals surface area contributed by atoms with Crippen LogP contribution >= 0.6 is 0 Å². The minimum atomic E-state index is -0.398. The number of aryl methyl sites for hydroxylation is 1. The maximum absolute atomic E-state index is 12.5. The molecule has 2 N–H and O–H groups in total. The van der Waals surface area contributed by atoms with Crippen molar-refractivity contribution in [1.29, 1.82) is 0 Å². The zero-order valence-corrected chi connectivity index (χ0v) is 18.3. The van der Waals surface area contributed by atoms with Crippen molar-refractivity contribution in [2.75, 3.05) is 12.0 Å². The van der Waals surface area contributed by atoms with Crippen LogP contribution in [0.3, 0.4) is 0 Å². The maximum Gasteiger partial charge on any atom is 0.277 e. The second-order valence-corrected chi connectivity index (χ2v) is 7.38. The molecule has 2 aromatic heterocycles. The highest BCUT2D eigenvalue weighted by molar-refractivity contribution is 6.00. The Morgan fingerprint density at radius 1 is 1.06 bits per heavy atom. The molecular formula is C25H23N5O3. The number of amides is 2. The summed E-state index contributed by atoms with van der Waals surface area (Å²) in [7, 11) is 0. The molecule has 0 atom stereocenters. The summed E-state index contributed by atoms with van der Waals surface area (Å²) in [6.45, 7) is 3.54. The Kier molecular flexibility index (Phi) is 6.45. The number of benzene rings is 2. The predicted octanol–water partition coefficient (Wildman–Crippen LogP) is 3.57. The minimum Gasteiger partial charge on any atom is -0.481 e. The van der Waals surface area contributed by atoms with Gasteiger partial charge in [-0.05, 0) is 44.2 Å². The third kappa shape index (κ3) is 5.07. The number of ether oxygens (including phenoxy) is 1. The van der Waals surface area contributed by atoms with Crippen LogP contribution in [-0.2, 0) is 4.79 Å². The van der Waals surface area contributed by atoms with E-state index in [1.54, 1.807) is 29.1 Å². The minimum absolute atomic E-state index is 0.195. The molecule has 0 fully saturated rings. The van der Waals surface area contributed by atoms with Gasteiger partial charge in [-0.3, -0.25) is 24.7 Å². The van der Waals surface area contributed by atoms with E-state index in [0.717, 1.165) is 22.3 Å². The van der Waals surface area contributed by atoms with Gasteiger partial charge in [-0.2, -0.15) is 5.10 Å². The highest BCUT2D eigenvalue weighted by atomic mass is 16.5. The number of hydrogen-bond acceptors (Lipinski definition) is 5. The van der Waals surface area contributed by atoms with Crippen molar-refractivity contribution in [3.8, 4) is 5.75 Å². The topological polar surface area (TPSA) is 97.6 Å². The van der Waals surface area contributed by atoms with Crippen molar-refractivity contribution in [3.05, 3.63) is 95.4 Å². The second kappa shape index (κ2) is 9.78. The SMILES string of the molecule is Cc1cc(/C=N\NC(=O)COc2cccc3cccnc23)c(C)n1NC(=O)c1ccccc1. The summed E-state index contributed by atoms with van der Waals surface area (Å²) in [6.07, 6.45) is 3.21. The summed E-state index contributed by atoms with van der Waals surface area (Å²) in [4.78, 5) is 28.9. The summed E-state index contributed by atoms with van der Waals surface area (Å²) in [6, 6.07) is 20.2. The number of aromatic nitrogens is 2. The first-order chi connectivity index (χ1) is 16.0. The van der Waals surface area contributed by atoms with Gasteiger partial charge in [0.15, 0.2) is 6.61 Å². The molecule has 8 heteroatoms. The molecule has 4 aromatic rings. The zero-order valence-electron chi connectivity index (χ0n) is 18.3. The molecule has 166 valence electrons. The molecule has 4 rings (SSSR count). The molecule has 8 nitrogen and oxygen atoms in total. The molecular weight excluding hydrogens is 418 g/mol. The molecule has 2 amide bonds. The zero-order chi connectivity index (χ0) is 23.2. The number of pyridine rings is 1. The third-order valence-corrected chi connectivity index (χ3v) is 5.07. The Morgan fingerprint density at radius 3 is 2.67 bits per heavy atom. The smallest absolute Gasteiger partial charge is 0.277 e. The van der Waals surface area contributed by atoms with E-state index in [0.29, 0.717) is 16.8 Å². The van der Waals surface area contributed by atoms with Gasteiger partial charge in [-0.15, -0.1) is 0 Å². The van der Waals surface area contributed by atoms with Crippen LogP contribution in [0.1, 0.15) is 27.3 Å². The first kappa shape index (κ1) is 21.8. The lowest BCUT2D eigenvalue weighted by atomic mass is 10.2. The second-order valence-electron chi connectivity index (χ2n) is 7.38. The lowest BCUT2D eigenvalue weighted by molar-refractivity contribution is -0.123. The molecule has 0 bridgehead atoms. The van der Waals surface area contributed by atoms with E-state index in [1.807, 2.05) is 62.4 Å². The van der Waals surface area contributed by atoms with Crippen molar-refractivity contribution in [3.63, 3.8) is 0 Å². The first-order valence-electron chi connectivity index (χ1n) is 10.4. The van der Waals surface area contributed by atoms with Crippen LogP contribution in [0.25, 0.3) is 10.9 Å². The van der Waals surface area contributed by atoms with Crippen LogP contribution in [0.5, 0.6) is 5.75 Å². The fourth-order valence-electron chi connectivity index (χ4n) is 3.39. The lowest BCUT2D eigenvalue weighted by Crippen LogP contribution is -2.25. The van der Waals surface area contributed by atoms with E-state index >= 15 is 0 Å². The number of hydrogen-bond donors (Lipinski definition) is 2. The predicted molar refractivity (Wildman–Crippen MR) is 127 cm³/mol. The van der Waals surface area contributed by atoms with Crippen LogP contribution in [0, 0.1) is 13.8 Å². The summed E-state index contributed by atoms with van der Waals surface area (Å²) in [5.41, 5.74) is 8.97. The summed E-state index contributed by atoms with van der Waals surface area (Å²) in [5.74, 6) is -0.0791. The molecule has 2 aromatic carbocycles. The van der Waals surface area contributed by atoms with Crippen molar-refractivity contribution >= 4 is 28.9 Å². The largest absolute Gasteiger partial charge is 0.481 e. The Morgan fingerprint density at radius 2 is 1.85 bits per heavy atom. The van der Waals surface area contributed by atoms with E-state index in [9.17, 15) is 9.59 Å². The highest BCUT2D eigenvalue weighted by Gasteiger charge is 2.12. The highest BCUT2D eigenvalue weighted by Crippen LogP contribution is 2.22. The van der Waals surface area contributed by atoms with Crippen LogP contribution in [0.4, 0.5) is 0 Å². The molecule has 0 saturated carbocycles. The van der Waals surface area contributed by atoms with Crippen molar-refractivity contribution < 1.29 is 14.3 Å². The summed E-state index contributed by atoms with van der Waals surface area (Å²) in [5, 5.41) is 4.96. The van der Waals surface area contributed by atoms with Gasteiger partial charge >= 0.3 is 0 Å². The van der Waals surface area contributed by atoms with Crippen molar-refractivity contribution in [2.45, 2.75) is 13.8 Å². The van der Waals surface area contributed by atoms with E-state index in [4.69, 9.17) is 4.74 Å². The fraction of sp³-hybridized carbons (Fsp3) is 0.120. The van der Waals surface area contributed by atoms with E-state index in [-0.39, 0.29) is 12.5 Å². The standard InChI is InChI=1S/C25H23N5O3/c1-17-14-21(18(2)30(17)29-25(32)20-8-4-3-5-9-20)15-27-28-23(31)16-33-22-12-6-10-19-11-7-13-26-24(19)22/h3-15H,16H2,1-2H3,(H,28,31)(H,29,32)/b27-15-. The normalized spacial score (nSPS) is 11.0. The first-order valence-corrected chi connectivity index (χ1v) is 10.4. The molecule has 0 saturated heterocycles. The van der Waals surface area contributed by atoms with Crippen molar-refractivity contribution in [1.82, 2.24) is 15.1 Å². The number of carbonyl (C=O) groups is 2. The van der Waals surface area contributed by atoms with Gasteiger partial charge in [0.25, 0.3) is 11.8 Å². The van der Waals surface area contributed by atoms with Gasteiger partial charge in [-0.25, -0.2) is 5.43 Å². The Balaban J connectivity index is 1.36. The third-order valence-electron chi connectivity index (χ3n) is 5.07. The maximum atomic E-state index is 12.5. The van der Waals surface area contributed by atoms with Gasteiger partial charge in [-0.1, -0.05) is 36.4 Å². The number of fused-ring (bicyclic) bond motifs is 1. The van der Waals surface area contributed by atoms with Crippen LogP contribution in [0.2, 0.25) is 0 Å². The number of para-hydroxylation sites is 1. The number of carbonyl (C=O) groups excluding carboxylic acids is 2. The van der Waals surface area contributed by atoms with Gasteiger partial charge in [0.1, 0.15) is 11.3 Å². The molecule has 0 unspecified atom stereocenters. The summed E-state index contributed by atoms with van der Waals surface area (Å²) < 4.78 is 7.31. The van der Waals surface area contributed by atoms with Crippen molar-refractivity contribution in [2.24, 2.45) is 5.10 Å². The molecule has 0 radical (unpaired) electrons. The molecule has 0 aliphatic rings. The van der Waals surface area contributed by atoms with Gasteiger partial charge in [0.2, 0.25) is 0 Å². The Labute approximate surface area is 190 Å². The number of nitrogens with one attached hydrogen (secondary N) is 2. The van der Waals surface area contributed by atoms with Gasteiger partial charge < -0.3 is 4.74 Å². The van der Waals surface area contributed by atoms with E-state index in [1.165, 1.54) is 6.21 Å². The molecule has 33 heavy (non-hydrogen) atoms. The van der Waals surface area contributed by atoms with Crippen LogP contribution in [0.15, 0.2) is 78.0 Å². The molecule has 0 aliphatic carbocycles. The van der Waals surface area contributed by atoms with E-state index < -0.39 is 5.91 Å². The molecule has 2 heterocycles. The monoisotopic (exact) mass is 441 g/mol.